The third kappa shape index (κ3) is 3.47. The summed E-state index contributed by atoms with van der Waals surface area (Å²) in [6.07, 6.45) is 2.05. The van der Waals surface area contributed by atoms with Crippen LogP contribution >= 0.6 is 24.0 Å². The van der Waals surface area contributed by atoms with E-state index in [9.17, 15) is 0 Å². The zero-order chi connectivity index (χ0) is 17.1. The lowest BCUT2D eigenvalue weighted by atomic mass is 10.2. The number of thioether (sulfide) groups is 1. The first-order valence-electron chi connectivity index (χ1n) is 7.36. The molecule has 0 bridgehead atoms. The van der Waals surface area contributed by atoms with E-state index >= 15 is 0 Å². The Kier molecular flexibility index (Phi) is 4.92. The highest BCUT2D eigenvalue weighted by molar-refractivity contribution is 7.98. The lowest BCUT2D eigenvalue weighted by molar-refractivity contribution is 0.460. The average Bonchev–Trinajstić information content (AvgIpc) is 2.98. The minimum Gasteiger partial charge on any atom is -0.377 e. The summed E-state index contributed by atoms with van der Waals surface area (Å²) in [4.78, 5) is 3.22. The standard InChI is InChI=1S/C17H18N4OS2/c1-21(2)13-5-4-6-14-15(13)16(20-22-14)19-17(23)18-11-7-9-12(24-3)10-8-11/h4-10H,1-3H3,(H2,18,19,20,23). The van der Waals surface area contributed by atoms with Gasteiger partial charge in [-0.15, -0.1) is 11.8 Å². The van der Waals surface area contributed by atoms with Gasteiger partial charge in [-0.3, -0.25) is 0 Å². The topological polar surface area (TPSA) is 53.3 Å². The molecular formula is C17H18N4OS2. The highest BCUT2D eigenvalue weighted by atomic mass is 32.2. The van der Waals surface area contributed by atoms with Crippen molar-refractivity contribution in [3.05, 3.63) is 42.5 Å². The van der Waals surface area contributed by atoms with Gasteiger partial charge in [-0.2, -0.15) is 0 Å². The van der Waals surface area contributed by atoms with Crippen LogP contribution in [0.3, 0.4) is 0 Å². The number of rotatable bonds is 4. The lowest BCUT2D eigenvalue weighted by Crippen LogP contribution is -2.19. The number of nitrogens with one attached hydrogen (secondary N) is 2. The third-order valence-electron chi connectivity index (χ3n) is 3.54. The summed E-state index contributed by atoms with van der Waals surface area (Å²) in [6.45, 7) is 0. The van der Waals surface area contributed by atoms with Crippen molar-refractivity contribution in [3.63, 3.8) is 0 Å². The molecule has 0 aliphatic heterocycles. The Morgan fingerprint density at radius 1 is 1.12 bits per heavy atom. The van der Waals surface area contributed by atoms with Crippen molar-refractivity contribution >= 4 is 57.3 Å². The maximum Gasteiger partial charge on any atom is 0.185 e. The van der Waals surface area contributed by atoms with E-state index < -0.39 is 0 Å². The Morgan fingerprint density at radius 3 is 2.54 bits per heavy atom. The molecule has 0 aliphatic carbocycles. The maximum atomic E-state index is 5.39. The molecule has 2 N–H and O–H groups in total. The first-order valence-corrected chi connectivity index (χ1v) is 8.99. The zero-order valence-corrected chi connectivity index (χ0v) is 15.3. The SMILES string of the molecule is CSc1ccc(NC(=S)Nc2noc3cccc(N(C)C)c23)cc1. The Labute approximate surface area is 150 Å². The molecule has 2 aromatic carbocycles. The van der Waals surface area contributed by atoms with Crippen molar-refractivity contribution in [1.29, 1.82) is 0 Å². The van der Waals surface area contributed by atoms with Gasteiger partial charge < -0.3 is 20.1 Å². The van der Waals surface area contributed by atoms with Gasteiger partial charge in [-0.05, 0) is 54.9 Å². The Balaban J connectivity index is 1.80. The second-order valence-corrected chi connectivity index (χ2v) is 6.67. The molecule has 3 aromatic rings. The van der Waals surface area contributed by atoms with Crippen LogP contribution in [0.4, 0.5) is 17.2 Å². The van der Waals surface area contributed by atoms with Gasteiger partial charge in [0.1, 0.15) is 0 Å². The second kappa shape index (κ2) is 7.11. The number of benzene rings is 2. The van der Waals surface area contributed by atoms with Gasteiger partial charge in [0.05, 0.1) is 11.1 Å². The van der Waals surface area contributed by atoms with Crippen LogP contribution in [0.1, 0.15) is 0 Å². The number of thiocarbonyl (C=S) groups is 1. The number of hydrogen-bond acceptors (Lipinski definition) is 5. The molecule has 0 aliphatic rings. The molecule has 24 heavy (non-hydrogen) atoms. The van der Waals surface area contributed by atoms with E-state index in [-0.39, 0.29) is 0 Å². The number of fused-ring (bicyclic) bond motifs is 1. The summed E-state index contributed by atoms with van der Waals surface area (Å²) >= 11 is 7.10. The summed E-state index contributed by atoms with van der Waals surface area (Å²) in [5.74, 6) is 0.604. The normalized spacial score (nSPS) is 10.6. The molecule has 3 rings (SSSR count). The van der Waals surface area contributed by atoms with E-state index in [0.29, 0.717) is 10.9 Å². The smallest absolute Gasteiger partial charge is 0.185 e. The fraction of sp³-hybridized carbons (Fsp3) is 0.176. The summed E-state index contributed by atoms with van der Waals surface area (Å²) < 4.78 is 5.39. The van der Waals surface area contributed by atoms with Crippen LogP contribution in [0.15, 0.2) is 51.9 Å². The van der Waals surface area contributed by atoms with Crippen LogP contribution in [-0.4, -0.2) is 30.6 Å². The molecule has 0 fully saturated rings. The van der Waals surface area contributed by atoms with Crippen LogP contribution in [0, 0.1) is 0 Å². The predicted octanol–water partition coefficient (Wildman–Crippen LogP) is 4.42. The van der Waals surface area contributed by atoms with Crippen molar-refractivity contribution in [2.24, 2.45) is 0 Å². The van der Waals surface area contributed by atoms with E-state index in [2.05, 4.69) is 15.8 Å². The van der Waals surface area contributed by atoms with Gasteiger partial charge in [-0.25, -0.2) is 0 Å². The molecule has 0 atom stereocenters. The van der Waals surface area contributed by atoms with Crippen molar-refractivity contribution < 1.29 is 4.52 Å². The predicted molar refractivity (Wildman–Crippen MR) is 106 cm³/mol. The van der Waals surface area contributed by atoms with E-state index in [4.69, 9.17) is 16.7 Å². The monoisotopic (exact) mass is 358 g/mol. The summed E-state index contributed by atoms with van der Waals surface area (Å²) in [5, 5.41) is 11.8. The summed E-state index contributed by atoms with van der Waals surface area (Å²) in [6, 6.07) is 13.9. The number of anilines is 3. The van der Waals surface area contributed by atoms with Crippen molar-refractivity contribution in [1.82, 2.24) is 5.16 Å². The van der Waals surface area contributed by atoms with Crippen LogP contribution in [0.5, 0.6) is 0 Å². The van der Waals surface area contributed by atoms with Gasteiger partial charge >= 0.3 is 0 Å². The molecule has 0 radical (unpaired) electrons. The maximum absolute atomic E-state index is 5.39. The Bertz CT molecular complexity index is 859. The highest BCUT2D eigenvalue weighted by Gasteiger charge is 2.14. The van der Waals surface area contributed by atoms with Gasteiger partial charge in [0.2, 0.25) is 0 Å². The fourth-order valence-corrected chi connectivity index (χ4v) is 3.00. The van der Waals surface area contributed by atoms with E-state index in [1.54, 1.807) is 11.8 Å². The van der Waals surface area contributed by atoms with E-state index in [0.717, 1.165) is 22.3 Å². The molecule has 1 heterocycles. The fourth-order valence-electron chi connectivity index (χ4n) is 2.38. The van der Waals surface area contributed by atoms with Crippen molar-refractivity contribution in [3.8, 4) is 0 Å². The molecule has 0 spiro atoms. The quantitative estimate of drug-likeness (QED) is 0.529. The van der Waals surface area contributed by atoms with Crippen LogP contribution in [-0.2, 0) is 0 Å². The molecular weight excluding hydrogens is 340 g/mol. The molecule has 0 unspecified atom stereocenters. The summed E-state index contributed by atoms with van der Waals surface area (Å²) in [5.41, 5.74) is 2.66. The first kappa shape index (κ1) is 16.6. The molecule has 0 amide bonds. The Hall–Kier alpha value is -2.25. The zero-order valence-electron chi connectivity index (χ0n) is 13.7. The van der Waals surface area contributed by atoms with Crippen molar-refractivity contribution in [2.75, 3.05) is 35.9 Å². The summed E-state index contributed by atoms with van der Waals surface area (Å²) in [7, 11) is 3.96. The van der Waals surface area contributed by atoms with Gasteiger partial charge in [-0.1, -0.05) is 11.2 Å². The van der Waals surface area contributed by atoms with Crippen LogP contribution in [0.25, 0.3) is 11.0 Å². The molecule has 124 valence electrons. The lowest BCUT2D eigenvalue weighted by Gasteiger charge is -2.14. The number of hydrogen-bond donors (Lipinski definition) is 2. The number of nitrogens with zero attached hydrogens (tertiary/aromatic N) is 2. The van der Waals surface area contributed by atoms with E-state index in [1.165, 1.54) is 4.90 Å². The molecule has 1 aromatic heterocycles. The molecule has 0 saturated carbocycles. The second-order valence-electron chi connectivity index (χ2n) is 5.38. The number of aromatic nitrogens is 1. The van der Waals surface area contributed by atoms with Gasteiger partial charge in [0.25, 0.3) is 0 Å². The van der Waals surface area contributed by atoms with E-state index in [1.807, 2.05) is 67.7 Å². The van der Waals surface area contributed by atoms with Gasteiger partial charge in [0, 0.05) is 24.7 Å². The highest BCUT2D eigenvalue weighted by Crippen LogP contribution is 2.32. The largest absolute Gasteiger partial charge is 0.377 e. The van der Waals surface area contributed by atoms with Gasteiger partial charge in [0.15, 0.2) is 16.5 Å². The molecule has 0 saturated heterocycles. The first-order chi connectivity index (χ1) is 11.6. The minimum absolute atomic E-state index is 0.468. The van der Waals surface area contributed by atoms with Crippen LogP contribution in [0.2, 0.25) is 0 Å². The molecule has 7 heteroatoms. The average molecular weight is 358 g/mol. The van der Waals surface area contributed by atoms with Crippen LogP contribution < -0.4 is 15.5 Å². The Morgan fingerprint density at radius 2 is 1.88 bits per heavy atom. The third-order valence-corrected chi connectivity index (χ3v) is 4.49. The molecule has 5 nitrogen and oxygen atoms in total. The minimum atomic E-state index is 0.468. The van der Waals surface area contributed by atoms with Crippen molar-refractivity contribution in [2.45, 2.75) is 4.90 Å².